The monoisotopic (exact) mass is 296 g/mol. The first-order valence-electron chi connectivity index (χ1n) is 5.51. The number of benzene rings is 1. The number of hydrogen-bond donors (Lipinski definition) is 0. The van der Waals surface area contributed by atoms with Gasteiger partial charge in [-0.1, -0.05) is 31.5 Å². The fraction of sp³-hybridized carbons (Fsp3) is 0.538. The third-order valence-corrected chi connectivity index (χ3v) is 4.73. The van der Waals surface area contributed by atoms with Crippen molar-refractivity contribution < 1.29 is 4.39 Å². The number of hydrogen-bond acceptors (Lipinski definition) is 0. The van der Waals surface area contributed by atoms with Crippen molar-refractivity contribution in [1.29, 1.82) is 0 Å². The van der Waals surface area contributed by atoms with E-state index in [-0.39, 0.29) is 11.2 Å². The minimum atomic E-state index is -0.328. The second-order valence-electron chi connectivity index (χ2n) is 4.70. The molecular weight excluding hydrogens is 281 g/mol. The van der Waals surface area contributed by atoms with Crippen molar-refractivity contribution in [3.63, 3.8) is 0 Å². The summed E-state index contributed by atoms with van der Waals surface area (Å²) < 4.78 is 13.0. The van der Waals surface area contributed by atoms with Gasteiger partial charge in [0, 0.05) is 22.2 Å². The molecule has 0 amide bonds. The molecule has 17 heavy (non-hydrogen) atoms. The van der Waals surface area contributed by atoms with Gasteiger partial charge in [0.15, 0.2) is 0 Å². The Morgan fingerprint density at radius 2 is 1.82 bits per heavy atom. The second-order valence-corrected chi connectivity index (χ2v) is 5.64. The standard InChI is InChI=1S/C13H16Cl3F/c1-9(2)13(7-14,8-15)6-10-3-4-11(17)5-12(10)16/h3-5,9H,6-8H2,1-2H3. The van der Waals surface area contributed by atoms with Gasteiger partial charge < -0.3 is 0 Å². The molecule has 0 bridgehead atoms. The summed E-state index contributed by atoms with van der Waals surface area (Å²) in [6, 6.07) is 4.44. The molecule has 0 fully saturated rings. The Labute approximate surface area is 117 Å². The highest BCUT2D eigenvalue weighted by atomic mass is 35.5. The van der Waals surface area contributed by atoms with Gasteiger partial charge in [0.1, 0.15) is 5.82 Å². The maximum absolute atomic E-state index is 13.0. The molecule has 0 aliphatic heterocycles. The molecule has 0 unspecified atom stereocenters. The highest BCUT2D eigenvalue weighted by Gasteiger charge is 2.33. The zero-order valence-corrected chi connectivity index (χ0v) is 12.2. The molecule has 0 heterocycles. The van der Waals surface area contributed by atoms with Crippen LogP contribution in [-0.2, 0) is 6.42 Å². The zero-order chi connectivity index (χ0) is 13.1. The Morgan fingerprint density at radius 3 is 2.24 bits per heavy atom. The summed E-state index contributed by atoms with van der Waals surface area (Å²) in [6.07, 6.45) is 0.663. The van der Waals surface area contributed by atoms with Gasteiger partial charge in [-0.05, 0) is 30.0 Å². The van der Waals surface area contributed by atoms with E-state index < -0.39 is 0 Å². The predicted molar refractivity (Wildman–Crippen MR) is 73.8 cm³/mol. The second kappa shape index (κ2) is 6.26. The molecule has 0 atom stereocenters. The molecule has 0 aliphatic rings. The predicted octanol–water partition coefficient (Wildman–Crippen LogP) is 5.14. The number of halogens is 4. The molecule has 1 aromatic carbocycles. The quantitative estimate of drug-likeness (QED) is 0.660. The average Bonchev–Trinajstić information content (AvgIpc) is 2.28. The molecule has 0 aliphatic carbocycles. The summed E-state index contributed by atoms with van der Waals surface area (Å²) >= 11 is 18.1. The fourth-order valence-corrected chi connectivity index (χ4v) is 3.01. The Bertz CT molecular complexity index is 373. The van der Waals surface area contributed by atoms with Crippen molar-refractivity contribution >= 4 is 34.8 Å². The molecule has 0 saturated heterocycles. The molecule has 0 saturated carbocycles. The van der Waals surface area contributed by atoms with Gasteiger partial charge in [-0.25, -0.2) is 4.39 Å². The van der Waals surface area contributed by atoms with Gasteiger partial charge in [0.25, 0.3) is 0 Å². The Balaban J connectivity index is 3.01. The van der Waals surface area contributed by atoms with E-state index in [0.717, 1.165) is 5.56 Å². The fourth-order valence-electron chi connectivity index (χ4n) is 1.69. The van der Waals surface area contributed by atoms with E-state index in [1.807, 2.05) is 0 Å². The molecule has 4 heteroatoms. The molecule has 1 rings (SSSR count). The van der Waals surface area contributed by atoms with Crippen LogP contribution < -0.4 is 0 Å². The number of rotatable bonds is 5. The van der Waals surface area contributed by atoms with E-state index in [2.05, 4.69) is 13.8 Å². The van der Waals surface area contributed by atoms with Crippen molar-refractivity contribution in [2.75, 3.05) is 11.8 Å². The SMILES string of the molecule is CC(C)C(CCl)(CCl)Cc1ccc(F)cc1Cl. The normalized spacial score (nSPS) is 12.2. The topological polar surface area (TPSA) is 0 Å². The summed E-state index contributed by atoms with van der Waals surface area (Å²) in [4.78, 5) is 0. The molecule has 0 aromatic heterocycles. The third kappa shape index (κ3) is 3.49. The van der Waals surface area contributed by atoms with Gasteiger partial charge in [-0.15, -0.1) is 23.2 Å². The van der Waals surface area contributed by atoms with Gasteiger partial charge in [0.05, 0.1) is 0 Å². The summed E-state index contributed by atoms with van der Waals surface area (Å²) in [5, 5.41) is 0.435. The van der Waals surface area contributed by atoms with Crippen LogP contribution in [0, 0.1) is 17.2 Å². The van der Waals surface area contributed by atoms with Gasteiger partial charge in [-0.3, -0.25) is 0 Å². The maximum atomic E-state index is 13.0. The first-order valence-corrected chi connectivity index (χ1v) is 6.96. The molecule has 1 aromatic rings. The maximum Gasteiger partial charge on any atom is 0.124 e. The summed E-state index contributed by atoms with van der Waals surface area (Å²) in [5.74, 6) is 0.924. The first-order chi connectivity index (χ1) is 7.95. The van der Waals surface area contributed by atoms with Crippen LogP contribution in [0.1, 0.15) is 19.4 Å². The highest BCUT2D eigenvalue weighted by molar-refractivity contribution is 6.31. The lowest BCUT2D eigenvalue weighted by Gasteiger charge is -2.34. The zero-order valence-electron chi connectivity index (χ0n) is 9.94. The Kier molecular flexibility index (Phi) is 5.56. The lowest BCUT2D eigenvalue weighted by Crippen LogP contribution is -2.34. The van der Waals surface area contributed by atoms with Crippen molar-refractivity contribution in [2.24, 2.45) is 11.3 Å². The molecule has 96 valence electrons. The van der Waals surface area contributed by atoms with Crippen LogP contribution in [0.2, 0.25) is 5.02 Å². The lowest BCUT2D eigenvalue weighted by molar-refractivity contribution is 0.259. The summed E-state index contributed by atoms with van der Waals surface area (Å²) in [7, 11) is 0. The summed E-state index contributed by atoms with van der Waals surface area (Å²) in [5.41, 5.74) is 0.688. The first kappa shape index (κ1) is 15.1. The summed E-state index contributed by atoms with van der Waals surface area (Å²) in [6.45, 7) is 4.17. The van der Waals surface area contributed by atoms with Crippen LogP contribution in [0.25, 0.3) is 0 Å². The smallest absolute Gasteiger partial charge is 0.124 e. The van der Waals surface area contributed by atoms with Crippen molar-refractivity contribution in [3.8, 4) is 0 Å². The van der Waals surface area contributed by atoms with Gasteiger partial charge in [0.2, 0.25) is 0 Å². The van der Waals surface area contributed by atoms with Crippen LogP contribution in [0.4, 0.5) is 4.39 Å². The Morgan fingerprint density at radius 1 is 1.24 bits per heavy atom. The average molecular weight is 298 g/mol. The van der Waals surface area contributed by atoms with Crippen LogP contribution in [0.5, 0.6) is 0 Å². The minimum Gasteiger partial charge on any atom is -0.207 e. The van der Waals surface area contributed by atoms with E-state index in [0.29, 0.717) is 29.1 Å². The van der Waals surface area contributed by atoms with Crippen molar-refractivity contribution in [3.05, 3.63) is 34.6 Å². The van der Waals surface area contributed by atoms with Crippen molar-refractivity contribution in [2.45, 2.75) is 20.3 Å². The van der Waals surface area contributed by atoms with Crippen LogP contribution in [0.3, 0.4) is 0 Å². The molecule has 0 radical (unpaired) electrons. The van der Waals surface area contributed by atoms with Gasteiger partial charge in [-0.2, -0.15) is 0 Å². The van der Waals surface area contributed by atoms with E-state index in [1.165, 1.54) is 12.1 Å². The van der Waals surface area contributed by atoms with E-state index >= 15 is 0 Å². The largest absolute Gasteiger partial charge is 0.207 e. The van der Waals surface area contributed by atoms with E-state index in [9.17, 15) is 4.39 Å². The molecule has 0 nitrogen and oxygen atoms in total. The van der Waals surface area contributed by atoms with Crippen LogP contribution in [-0.4, -0.2) is 11.8 Å². The Hall–Kier alpha value is 0.0200. The molecule has 0 spiro atoms. The van der Waals surface area contributed by atoms with Crippen LogP contribution in [0.15, 0.2) is 18.2 Å². The van der Waals surface area contributed by atoms with Crippen molar-refractivity contribution in [1.82, 2.24) is 0 Å². The third-order valence-electron chi connectivity index (χ3n) is 3.31. The molecule has 0 N–H and O–H groups in total. The highest BCUT2D eigenvalue weighted by Crippen LogP contribution is 2.36. The molecular formula is C13H16Cl3F. The van der Waals surface area contributed by atoms with Gasteiger partial charge >= 0.3 is 0 Å². The van der Waals surface area contributed by atoms with E-state index in [1.54, 1.807) is 6.07 Å². The van der Waals surface area contributed by atoms with E-state index in [4.69, 9.17) is 34.8 Å². The lowest BCUT2D eigenvalue weighted by atomic mass is 9.76. The van der Waals surface area contributed by atoms with Crippen LogP contribution >= 0.6 is 34.8 Å². The number of alkyl halides is 2. The minimum absolute atomic E-state index is 0.204.